The Bertz CT molecular complexity index is 769. The van der Waals surface area contributed by atoms with Crippen LogP contribution in [0.15, 0.2) is 35.2 Å². The summed E-state index contributed by atoms with van der Waals surface area (Å²) in [5.74, 6) is 0.274. The molecule has 2 aromatic rings. The van der Waals surface area contributed by atoms with Gasteiger partial charge in [0.2, 0.25) is 0 Å². The SMILES string of the molecule is CCCc1cccc(NS(=O)(=O)c2c(C)cc(Cl)cc2Cl)n1. The smallest absolute Gasteiger partial charge is 0.263 e. The second kappa shape index (κ2) is 6.86. The standard InChI is InChI=1S/C15H16Cl2N2O2S/c1-3-5-12-6-4-7-14(18-12)19-22(20,21)15-10(2)8-11(16)9-13(15)17/h4,6-9H,3,5H2,1-2H3,(H,18,19). The minimum absolute atomic E-state index is 0.0151. The van der Waals surface area contributed by atoms with Crippen LogP contribution >= 0.6 is 23.2 Å². The first-order valence-corrected chi connectivity index (χ1v) is 9.02. The topological polar surface area (TPSA) is 59.1 Å². The van der Waals surface area contributed by atoms with Crippen molar-refractivity contribution in [1.82, 2.24) is 4.98 Å². The van der Waals surface area contributed by atoms with E-state index in [0.29, 0.717) is 10.6 Å². The summed E-state index contributed by atoms with van der Waals surface area (Å²) in [5.41, 5.74) is 1.32. The minimum Gasteiger partial charge on any atom is -0.263 e. The molecule has 7 heteroatoms. The Balaban J connectivity index is 2.38. The van der Waals surface area contributed by atoms with Crippen molar-refractivity contribution in [3.63, 3.8) is 0 Å². The number of hydrogen-bond acceptors (Lipinski definition) is 3. The van der Waals surface area contributed by atoms with E-state index in [4.69, 9.17) is 23.2 Å². The summed E-state index contributed by atoms with van der Waals surface area (Å²) >= 11 is 11.9. The first-order valence-electron chi connectivity index (χ1n) is 6.78. The van der Waals surface area contributed by atoms with E-state index in [-0.39, 0.29) is 15.7 Å². The number of halogens is 2. The monoisotopic (exact) mass is 358 g/mol. The number of rotatable bonds is 5. The molecule has 0 unspecified atom stereocenters. The molecule has 0 aliphatic heterocycles. The molecule has 0 saturated heterocycles. The molecule has 22 heavy (non-hydrogen) atoms. The zero-order chi connectivity index (χ0) is 16.3. The Labute approximate surface area is 140 Å². The molecule has 2 rings (SSSR count). The number of nitrogens with one attached hydrogen (secondary N) is 1. The van der Waals surface area contributed by atoms with Gasteiger partial charge in [-0.2, -0.15) is 0 Å². The van der Waals surface area contributed by atoms with Gasteiger partial charge in [0, 0.05) is 10.7 Å². The Morgan fingerprint density at radius 2 is 1.95 bits per heavy atom. The first kappa shape index (κ1) is 17.1. The third-order valence-electron chi connectivity index (χ3n) is 3.01. The predicted molar refractivity (Wildman–Crippen MR) is 90.2 cm³/mol. The van der Waals surface area contributed by atoms with Crippen LogP contribution in [0.3, 0.4) is 0 Å². The third-order valence-corrected chi connectivity index (χ3v) is 5.20. The van der Waals surface area contributed by atoms with E-state index in [0.717, 1.165) is 18.5 Å². The molecule has 4 nitrogen and oxygen atoms in total. The second-order valence-corrected chi connectivity index (χ2v) is 7.37. The highest BCUT2D eigenvalue weighted by molar-refractivity contribution is 7.92. The average Bonchev–Trinajstić information content (AvgIpc) is 2.36. The van der Waals surface area contributed by atoms with E-state index in [1.807, 2.05) is 13.0 Å². The lowest BCUT2D eigenvalue weighted by Crippen LogP contribution is -2.16. The largest absolute Gasteiger partial charge is 0.264 e. The predicted octanol–water partition coefficient (Wildman–Crippen LogP) is 4.45. The van der Waals surface area contributed by atoms with Gasteiger partial charge in [0.1, 0.15) is 10.7 Å². The fourth-order valence-electron chi connectivity index (χ4n) is 2.15. The molecule has 0 radical (unpaired) electrons. The van der Waals surface area contributed by atoms with Crippen LogP contribution < -0.4 is 4.72 Å². The highest BCUT2D eigenvalue weighted by Gasteiger charge is 2.22. The van der Waals surface area contributed by atoms with Crippen molar-refractivity contribution in [2.75, 3.05) is 4.72 Å². The van der Waals surface area contributed by atoms with Gasteiger partial charge in [-0.3, -0.25) is 4.72 Å². The molecule has 1 aromatic heterocycles. The van der Waals surface area contributed by atoms with Crippen LogP contribution in [0.4, 0.5) is 5.82 Å². The molecule has 118 valence electrons. The Hall–Kier alpha value is -1.30. The average molecular weight is 359 g/mol. The normalized spacial score (nSPS) is 11.5. The summed E-state index contributed by atoms with van der Waals surface area (Å²) < 4.78 is 27.6. The van der Waals surface area contributed by atoms with Crippen molar-refractivity contribution in [2.24, 2.45) is 0 Å². The number of sulfonamides is 1. The van der Waals surface area contributed by atoms with Crippen molar-refractivity contribution in [3.8, 4) is 0 Å². The van der Waals surface area contributed by atoms with Crippen LogP contribution in [0.1, 0.15) is 24.6 Å². The summed E-state index contributed by atoms with van der Waals surface area (Å²) in [4.78, 5) is 4.31. The number of aromatic nitrogens is 1. The zero-order valence-corrected chi connectivity index (χ0v) is 14.6. The number of aryl methyl sites for hydroxylation is 2. The Kier molecular flexibility index (Phi) is 5.32. The van der Waals surface area contributed by atoms with Crippen LogP contribution in [0.5, 0.6) is 0 Å². The summed E-state index contributed by atoms with van der Waals surface area (Å²) in [5, 5.41) is 0.478. The van der Waals surface area contributed by atoms with Crippen molar-refractivity contribution < 1.29 is 8.42 Å². The molecular weight excluding hydrogens is 343 g/mol. The van der Waals surface area contributed by atoms with Gasteiger partial charge in [-0.05, 0) is 43.2 Å². The van der Waals surface area contributed by atoms with Gasteiger partial charge in [0.25, 0.3) is 10.0 Å². The Morgan fingerprint density at radius 3 is 2.59 bits per heavy atom. The van der Waals surface area contributed by atoms with Crippen molar-refractivity contribution >= 4 is 39.0 Å². The molecule has 0 atom stereocenters. The van der Waals surface area contributed by atoms with Crippen LogP contribution in [0, 0.1) is 6.92 Å². The van der Waals surface area contributed by atoms with Gasteiger partial charge in [-0.15, -0.1) is 0 Å². The zero-order valence-electron chi connectivity index (χ0n) is 12.2. The number of anilines is 1. The maximum atomic E-state index is 12.5. The quantitative estimate of drug-likeness (QED) is 0.858. The molecule has 0 aliphatic rings. The lowest BCUT2D eigenvalue weighted by Gasteiger charge is -2.12. The number of hydrogen-bond donors (Lipinski definition) is 1. The minimum atomic E-state index is -3.83. The first-order chi connectivity index (χ1) is 10.3. The molecular formula is C15H16Cl2N2O2S. The maximum absolute atomic E-state index is 12.5. The van der Waals surface area contributed by atoms with Crippen molar-refractivity contribution in [3.05, 3.63) is 51.6 Å². The van der Waals surface area contributed by atoms with Gasteiger partial charge < -0.3 is 0 Å². The lowest BCUT2D eigenvalue weighted by molar-refractivity contribution is 0.600. The fraction of sp³-hybridized carbons (Fsp3) is 0.267. The van der Waals surface area contributed by atoms with Crippen LogP contribution in [-0.4, -0.2) is 13.4 Å². The van der Waals surface area contributed by atoms with E-state index in [2.05, 4.69) is 9.71 Å². The molecule has 1 heterocycles. The van der Waals surface area contributed by atoms with Gasteiger partial charge in [0.15, 0.2) is 0 Å². The van der Waals surface area contributed by atoms with Gasteiger partial charge in [0.05, 0.1) is 5.02 Å². The molecule has 0 bridgehead atoms. The third kappa shape index (κ3) is 3.91. The van der Waals surface area contributed by atoms with E-state index < -0.39 is 10.0 Å². The van der Waals surface area contributed by atoms with Crippen molar-refractivity contribution in [1.29, 1.82) is 0 Å². The number of benzene rings is 1. The van der Waals surface area contributed by atoms with Crippen LogP contribution in [-0.2, 0) is 16.4 Å². The molecule has 0 amide bonds. The van der Waals surface area contributed by atoms with E-state index in [9.17, 15) is 8.42 Å². The van der Waals surface area contributed by atoms with Gasteiger partial charge in [-0.1, -0.05) is 42.6 Å². The van der Waals surface area contributed by atoms with Crippen LogP contribution in [0.2, 0.25) is 10.0 Å². The fourth-order valence-corrected chi connectivity index (χ4v) is 4.34. The molecule has 0 saturated carbocycles. The van der Waals surface area contributed by atoms with E-state index in [1.54, 1.807) is 25.1 Å². The van der Waals surface area contributed by atoms with Crippen LogP contribution in [0.25, 0.3) is 0 Å². The number of pyridine rings is 1. The molecule has 1 aromatic carbocycles. The van der Waals surface area contributed by atoms with Gasteiger partial charge in [-0.25, -0.2) is 13.4 Å². The molecule has 1 N–H and O–H groups in total. The van der Waals surface area contributed by atoms with Gasteiger partial charge >= 0.3 is 0 Å². The summed E-state index contributed by atoms with van der Waals surface area (Å²) in [6.45, 7) is 3.68. The molecule has 0 spiro atoms. The number of nitrogens with zero attached hydrogens (tertiary/aromatic N) is 1. The Morgan fingerprint density at radius 1 is 1.23 bits per heavy atom. The molecule has 0 fully saturated rings. The summed E-state index contributed by atoms with van der Waals surface area (Å²) in [6.07, 6.45) is 1.72. The molecule has 0 aliphatic carbocycles. The summed E-state index contributed by atoms with van der Waals surface area (Å²) in [6, 6.07) is 8.21. The van der Waals surface area contributed by atoms with E-state index in [1.165, 1.54) is 6.07 Å². The lowest BCUT2D eigenvalue weighted by atomic mass is 10.2. The van der Waals surface area contributed by atoms with Crippen molar-refractivity contribution in [2.45, 2.75) is 31.6 Å². The second-order valence-electron chi connectivity index (χ2n) is 4.90. The van der Waals surface area contributed by atoms with E-state index >= 15 is 0 Å². The highest BCUT2D eigenvalue weighted by Crippen LogP contribution is 2.30. The summed E-state index contributed by atoms with van der Waals surface area (Å²) in [7, 11) is -3.83. The highest BCUT2D eigenvalue weighted by atomic mass is 35.5. The maximum Gasteiger partial charge on any atom is 0.264 e.